The number of rotatable bonds is 5. The molecule has 1 saturated carbocycles. The normalized spacial score (nSPS) is 35.9. The Bertz CT molecular complexity index is 288. The van der Waals surface area contributed by atoms with E-state index in [1.165, 1.54) is 12.8 Å². The van der Waals surface area contributed by atoms with Gasteiger partial charge in [0.2, 0.25) is 5.91 Å². The van der Waals surface area contributed by atoms with E-state index in [0.29, 0.717) is 24.5 Å². The van der Waals surface area contributed by atoms with Crippen LogP contribution < -0.4 is 10.6 Å². The summed E-state index contributed by atoms with van der Waals surface area (Å²) in [7, 11) is 1.89. The summed E-state index contributed by atoms with van der Waals surface area (Å²) in [4.78, 5) is 12.3. The first-order valence-corrected chi connectivity index (χ1v) is 7.98. The number of ether oxygens (including phenoxy) is 1. The van der Waals surface area contributed by atoms with Crippen molar-refractivity contribution < 1.29 is 9.53 Å². The van der Waals surface area contributed by atoms with Crippen molar-refractivity contribution >= 4 is 17.7 Å². The first-order valence-electron chi connectivity index (χ1n) is 6.93. The van der Waals surface area contributed by atoms with Crippen molar-refractivity contribution in [1.82, 2.24) is 10.6 Å². The van der Waals surface area contributed by atoms with E-state index in [0.717, 1.165) is 12.2 Å². The van der Waals surface area contributed by atoms with Crippen molar-refractivity contribution in [3.05, 3.63) is 0 Å². The lowest BCUT2D eigenvalue weighted by Gasteiger charge is -2.23. The molecule has 4 unspecified atom stereocenters. The van der Waals surface area contributed by atoms with Gasteiger partial charge in [0, 0.05) is 17.3 Å². The summed E-state index contributed by atoms with van der Waals surface area (Å²) in [6, 6.07) is 0.532. The van der Waals surface area contributed by atoms with Crippen LogP contribution >= 0.6 is 11.8 Å². The molecule has 2 rings (SSSR count). The van der Waals surface area contributed by atoms with Crippen LogP contribution in [0.25, 0.3) is 0 Å². The smallest absolute Gasteiger partial charge is 0.227 e. The SMILES string of the molecule is CCSC1CCCC1NC(=O)C1COCC1NC. The van der Waals surface area contributed by atoms with Gasteiger partial charge >= 0.3 is 0 Å². The molecule has 0 spiro atoms. The van der Waals surface area contributed by atoms with Crippen LogP contribution in [-0.4, -0.2) is 49.3 Å². The number of carbonyl (C=O) groups excluding carboxylic acids is 1. The van der Waals surface area contributed by atoms with Gasteiger partial charge in [-0.05, 0) is 25.6 Å². The minimum Gasteiger partial charge on any atom is -0.379 e. The highest BCUT2D eigenvalue weighted by Gasteiger charge is 2.36. The summed E-state index contributed by atoms with van der Waals surface area (Å²) >= 11 is 1.98. The number of nitrogens with one attached hydrogen (secondary N) is 2. The van der Waals surface area contributed by atoms with Crippen LogP contribution in [-0.2, 0) is 9.53 Å². The molecule has 0 aromatic heterocycles. The van der Waals surface area contributed by atoms with Crippen molar-refractivity contribution in [3.8, 4) is 0 Å². The van der Waals surface area contributed by atoms with Gasteiger partial charge in [0.1, 0.15) is 0 Å². The lowest BCUT2D eigenvalue weighted by molar-refractivity contribution is -0.126. The molecule has 4 atom stereocenters. The van der Waals surface area contributed by atoms with Crippen LogP contribution in [0.3, 0.4) is 0 Å². The first kappa shape index (κ1) is 14.2. The highest BCUT2D eigenvalue weighted by atomic mass is 32.2. The van der Waals surface area contributed by atoms with E-state index >= 15 is 0 Å². The molecule has 0 aromatic rings. The van der Waals surface area contributed by atoms with Gasteiger partial charge in [-0.2, -0.15) is 11.8 Å². The van der Waals surface area contributed by atoms with Gasteiger partial charge < -0.3 is 15.4 Å². The summed E-state index contributed by atoms with van der Waals surface area (Å²) in [5.41, 5.74) is 0. The van der Waals surface area contributed by atoms with Crippen molar-refractivity contribution in [2.45, 2.75) is 43.5 Å². The molecular formula is C13H24N2O2S. The standard InChI is InChI=1S/C13H24N2O2S/c1-3-18-12-6-4-5-10(12)15-13(16)9-7-17-8-11(9)14-2/h9-12,14H,3-8H2,1-2H3,(H,15,16). The highest BCUT2D eigenvalue weighted by molar-refractivity contribution is 7.99. The fraction of sp³-hybridized carbons (Fsp3) is 0.923. The second-order valence-electron chi connectivity index (χ2n) is 5.08. The zero-order valence-corrected chi connectivity index (χ0v) is 12.1. The second kappa shape index (κ2) is 6.78. The van der Waals surface area contributed by atoms with Crippen LogP contribution in [0.4, 0.5) is 0 Å². The van der Waals surface area contributed by atoms with E-state index in [1.807, 2.05) is 18.8 Å². The molecular weight excluding hydrogens is 248 g/mol. The predicted molar refractivity (Wildman–Crippen MR) is 74.9 cm³/mol. The van der Waals surface area contributed by atoms with E-state index in [9.17, 15) is 4.79 Å². The van der Waals surface area contributed by atoms with Gasteiger partial charge in [0.05, 0.1) is 19.1 Å². The van der Waals surface area contributed by atoms with Gasteiger partial charge in [-0.25, -0.2) is 0 Å². The van der Waals surface area contributed by atoms with E-state index < -0.39 is 0 Å². The Morgan fingerprint density at radius 2 is 2.17 bits per heavy atom. The molecule has 2 fully saturated rings. The number of carbonyl (C=O) groups is 1. The molecule has 0 aromatic carbocycles. The molecule has 0 radical (unpaired) electrons. The second-order valence-corrected chi connectivity index (χ2v) is 6.60. The van der Waals surface area contributed by atoms with Gasteiger partial charge in [0.25, 0.3) is 0 Å². The van der Waals surface area contributed by atoms with Crippen molar-refractivity contribution in [2.24, 2.45) is 5.92 Å². The van der Waals surface area contributed by atoms with Gasteiger partial charge in [-0.1, -0.05) is 13.3 Å². The minimum atomic E-state index is -0.0251. The summed E-state index contributed by atoms with van der Waals surface area (Å²) in [6.45, 7) is 3.38. The van der Waals surface area contributed by atoms with Crippen LogP contribution in [0.2, 0.25) is 0 Å². The maximum atomic E-state index is 12.3. The number of hydrogen-bond acceptors (Lipinski definition) is 4. The molecule has 4 nitrogen and oxygen atoms in total. The van der Waals surface area contributed by atoms with Crippen LogP contribution in [0.15, 0.2) is 0 Å². The highest BCUT2D eigenvalue weighted by Crippen LogP contribution is 2.30. The largest absolute Gasteiger partial charge is 0.379 e. The Kier molecular flexibility index (Phi) is 5.33. The van der Waals surface area contributed by atoms with Gasteiger partial charge in [-0.15, -0.1) is 0 Å². The van der Waals surface area contributed by atoms with Crippen LogP contribution in [0.5, 0.6) is 0 Å². The third kappa shape index (κ3) is 3.19. The summed E-state index contributed by atoms with van der Waals surface area (Å²) in [5.74, 6) is 1.27. The third-order valence-electron chi connectivity index (χ3n) is 3.95. The molecule has 5 heteroatoms. The molecule has 1 heterocycles. The third-order valence-corrected chi connectivity index (χ3v) is 5.27. The van der Waals surface area contributed by atoms with Crippen molar-refractivity contribution in [1.29, 1.82) is 0 Å². The quantitative estimate of drug-likeness (QED) is 0.784. The Hall–Kier alpha value is -0.260. The molecule has 1 amide bonds. The average molecular weight is 272 g/mol. The maximum Gasteiger partial charge on any atom is 0.227 e. The Morgan fingerprint density at radius 1 is 1.33 bits per heavy atom. The first-order chi connectivity index (χ1) is 8.76. The molecule has 2 aliphatic rings. The number of amides is 1. The number of likely N-dealkylation sites (N-methyl/N-ethyl adjacent to an activating group) is 1. The summed E-state index contributed by atoms with van der Waals surface area (Å²) in [6.07, 6.45) is 3.60. The van der Waals surface area contributed by atoms with E-state index in [4.69, 9.17) is 4.74 Å². The molecule has 18 heavy (non-hydrogen) atoms. The monoisotopic (exact) mass is 272 g/mol. The zero-order valence-electron chi connectivity index (χ0n) is 11.3. The Balaban J connectivity index is 1.86. The Morgan fingerprint density at radius 3 is 2.89 bits per heavy atom. The fourth-order valence-corrected chi connectivity index (χ4v) is 4.09. The Labute approximate surface area is 114 Å². The lowest BCUT2D eigenvalue weighted by Crippen LogP contribution is -2.47. The molecule has 1 aliphatic carbocycles. The minimum absolute atomic E-state index is 0.0251. The van der Waals surface area contributed by atoms with Crippen LogP contribution in [0, 0.1) is 5.92 Å². The molecule has 1 saturated heterocycles. The van der Waals surface area contributed by atoms with Crippen LogP contribution in [0.1, 0.15) is 26.2 Å². The molecule has 1 aliphatic heterocycles. The predicted octanol–water partition coefficient (Wildman–Crippen LogP) is 1.01. The fourth-order valence-electron chi connectivity index (χ4n) is 2.89. The topological polar surface area (TPSA) is 50.4 Å². The van der Waals surface area contributed by atoms with Crippen molar-refractivity contribution in [3.63, 3.8) is 0 Å². The summed E-state index contributed by atoms with van der Waals surface area (Å²) in [5, 5.41) is 7.01. The van der Waals surface area contributed by atoms with E-state index in [2.05, 4.69) is 17.6 Å². The molecule has 104 valence electrons. The van der Waals surface area contributed by atoms with Gasteiger partial charge in [0.15, 0.2) is 0 Å². The average Bonchev–Trinajstić information content (AvgIpc) is 2.98. The maximum absolute atomic E-state index is 12.3. The number of thioether (sulfide) groups is 1. The van der Waals surface area contributed by atoms with Gasteiger partial charge in [-0.3, -0.25) is 4.79 Å². The van der Waals surface area contributed by atoms with E-state index in [1.54, 1.807) is 0 Å². The molecule has 0 bridgehead atoms. The lowest BCUT2D eigenvalue weighted by atomic mass is 10.0. The van der Waals surface area contributed by atoms with E-state index in [-0.39, 0.29) is 17.9 Å². The van der Waals surface area contributed by atoms with Crippen molar-refractivity contribution in [2.75, 3.05) is 26.0 Å². The number of hydrogen-bond donors (Lipinski definition) is 2. The molecule has 2 N–H and O–H groups in total. The summed E-state index contributed by atoms with van der Waals surface area (Å²) < 4.78 is 5.39. The zero-order chi connectivity index (χ0) is 13.0.